The van der Waals surface area contributed by atoms with Gasteiger partial charge in [-0.05, 0) is 31.0 Å². The molecule has 3 rings (SSSR count). The number of anilines is 2. The number of amides is 1. The molecule has 114 valence electrons. The molecule has 1 amide bonds. The SMILES string of the molecule is O=C(c1cnc(Nc2ccc(F)c(Cl)c2)nc1)N1CCCC1. The highest BCUT2D eigenvalue weighted by molar-refractivity contribution is 6.31. The summed E-state index contributed by atoms with van der Waals surface area (Å²) in [6.45, 7) is 1.57. The smallest absolute Gasteiger partial charge is 0.256 e. The molecule has 0 spiro atoms. The normalized spacial score (nSPS) is 14.2. The minimum absolute atomic E-state index is 0.0193. The van der Waals surface area contributed by atoms with Crippen molar-refractivity contribution in [2.24, 2.45) is 0 Å². The summed E-state index contributed by atoms with van der Waals surface area (Å²) in [6.07, 6.45) is 5.05. The Morgan fingerprint density at radius 3 is 2.55 bits per heavy atom. The van der Waals surface area contributed by atoms with Gasteiger partial charge in [0.05, 0.1) is 10.6 Å². The van der Waals surface area contributed by atoms with Crippen LogP contribution in [0.2, 0.25) is 5.02 Å². The Hall–Kier alpha value is -2.21. The average molecular weight is 321 g/mol. The summed E-state index contributed by atoms with van der Waals surface area (Å²) in [5, 5.41) is 2.93. The zero-order valence-electron chi connectivity index (χ0n) is 11.7. The molecule has 1 aromatic carbocycles. The summed E-state index contributed by atoms with van der Waals surface area (Å²) in [5.74, 6) is -0.214. The number of aromatic nitrogens is 2. The molecule has 0 saturated carbocycles. The molecule has 22 heavy (non-hydrogen) atoms. The average Bonchev–Trinajstić information content (AvgIpc) is 3.05. The van der Waals surface area contributed by atoms with E-state index in [1.165, 1.54) is 30.6 Å². The Kier molecular flexibility index (Phi) is 4.20. The van der Waals surface area contributed by atoms with Crippen LogP contribution in [-0.2, 0) is 0 Å². The van der Waals surface area contributed by atoms with Crippen molar-refractivity contribution in [1.82, 2.24) is 14.9 Å². The third-order valence-electron chi connectivity index (χ3n) is 3.47. The molecule has 0 aliphatic carbocycles. The zero-order valence-corrected chi connectivity index (χ0v) is 12.5. The fraction of sp³-hybridized carbons (Fsp3) is 0.267. The van der Waals surface area contributed by atoms with Gasteiger partial charge in [0.25, 0.3) is 5.91 Å². The lowest BCUT2D eigenvalue weighted by atomic mass is 10.3. The van der Waals surface area contributed by atoms with E-state index in [0.29, 0.717) is 17.2 Å². The molecule has 2 aromatic rings. The number of benzene rings is 1. The Labute approximate surface area is 132 Å². The zero-order chi connectivity index (χ0) is 15.5. The lowest BCUT2D eigenvalue weighted by molar-refractivity contribution is 0.0792. The second-order valence-corrected chi connectivity index (χ2v) is 5.46. The van der Waals surface area contributed by atoms with Crippen LogP contribution >= 0.6 is 11.6 Å². The standard InChI is InChI=1S/C15H14ClFN4O/c16-12-7-11(3-4-13(12)17)20-15-18-8-10(9-19-15)14(22)21-5-1-2-6-21/h3-4,7-9H,1-2,5-6H2,(H,18,19,20). The van der Waals surface area contributed by atoms with Crippen molar-refractivity contribution in [2.75, 3.05) is 18.4 Å². The Bertz CT molecular complexity index is 686. The monoisotopic (exact) mass is 320 g/mol. The number of halogens is 2. The van der Waals surface area contributed by atoms with E-state index in [0.717, 1.165) is 25.9 Å². The maximum atomic E-state index is 13.1. The first-order valence-electron chi connectivity index (χ1n) is 6.97. The predicted octanol–water partition coefficient (Wildman–Crippen LogP) is 3.25. The first-order valence-corrected chi connectivity index (χ1v) is 7.35. The van der Waals surface area contributed by atoms with Gasteiger partial charge in [0.1, 0.15) is 5.82 Å². The number of hydrogen-bond donors (Lipinski definition) is 1. The topological polar surface area (TPSA) is 58.1 Å². The largest absolute Gasteiger partial charge is 0.339 e. The molecule has 7 heteroatoms. The molecule has 1 fully saturated rings. The maximum absolute atomic E-state index is 13.1. The number of hydrogen-bond acceptors (Lipinski definition) is 4. The van der Waals surface area contributed by atoms with Gasteiger partial charge >= 0.3 is 0 Å². The molecule has 0 unspecified atom stereocenters. The van der Waals surface area contributed by atoms with Crippen molar-refractivity contribution < 1.29 is 9.18 Å². The van der Waals surface area contributed by atoms with Gasteiger partial charge in [-0.2, -0.15) is 0 Å². The maximum Gasteiger partial charge on any atom is 0.256 e. The van der Waals surface area contributed by atoms with Gasteiger partial charge in [-0.15, -0.1) is 0 Å². The van der Waals surface area contributed by atoms with Crippen molar-refractivity contribution in [3.63, 3.8) is 0 Å². The van der Waals surface area contributed by atoms with Crippen molar-refractivity contribution in [2.45, 2.75) is 12.8 Å². The number of carbonyl (C=O) groups is 1. The van der Waals surface area contributed by atoms with Gasteiger partial charge in [0, 0.05) is 31.2 Å². The quantitative estimate of drug-likeness (QED) is 0.943. The number of carbonyl (C=O) groups excluding carboxylic acids is 1. The number of nitrogens with zero attached hydrogens (tertiary/aromatic N) is 3. The molecule has 1 saturated heterocycles. The number of nitrogens with one attached hydrogen (secondary N) is 1. The van der Waals surface area contributed by atoms with Gasteiger partial charge in [-0.3, -0.25) is 4.79 Å². The Morgan fingerprint density at radius 2 is 1.91 bits per heavy atom. The molecule has 1 aliphatic rings. The van der Waals surface area contributed by atoms with Crippen LogP contribution in [0.15, 0.2) is 30.6 Å². The molecule has 5 nitrogen and oxygen atoms in total. The van der Waals surface area contributed by atoms with E-state index in [4.69, 9.17) is 11.6 Å². The first-order chi connectivity index (χ1) is 10.6. The van der Waals surface area contributed by atoms with Crippen molar-refractivity contribution >= 4 is 29.1 Å². The van der Waals surface area contributed by atoms with Gasteiger partial charge in [0.2, 0.25) is 5.95 Å². The van der Waals surface area contributed by atoms with Crippen LogP contribution in [0.25, 0.3) is 0 Å². The molecule has 1 N–H and O–H groups in total. The van der Waals surface area contributed by atoms with E-state index < -0.39 is 5.82 Å². The van der Waals surface area contributed by atoms with E-state index >= 15 is 0 Å². The predicted molar refractivity (Wildman–Crippen MR) is 81.9 cm³/mol. The minimum Gasteiger partial charge on any atom is -0.339 e. The van der Waals surface area contributed by atoms with E-state index in [2.05, 4.69) is 15.3 Å². The van der Waals surface area contributed by atoms with Crippen LogP contribution in [0, 0.1) is 5.82 Å². The highest BCUT2D eigenvalue weighted by Gasteiger charge is 2.19. The third kappa shape index (κ3) is 3.17. The molecular weight excluding hydrogens is 307 g/mol. The van der Waals surface area contributed by atoms with Gasteiger partial charge in [-0.25, -0.2) is 14.4 Å². The highest BCUT2D eigenvalue weighted by Crippen LogP contribution is 2.21. The summed E-state index contributed by atoms with van der Waals surface area (Å²) in [7, 11) is 0. The summed E-state index contributed by atoms with van der Waals surface area (Å²) in [6, 6.07) is 4.24. The van der Waals surface area contributed by atoms with Gasteiger partial charge in [-0.1, -0.05) is 11.6 Å². The minimum atomic E-state index is -0.486. The molecule has 0 radical (unpaired) electrons. The third-order valence-corrected chi connectivity index (χ3v) is 3.76. The van der Waals surface area contributed by atoms with E-state index in [-0.39, 0.29) is 10.9 Å². The van der Waals surface area contributed by atoms with Crippen LogP contribution in [0.1, 0.15) is 23.2 Å². The lowest BCUT2D eigenvalue weighted by Gasteiger charge is -2.14. The van der Waals surface area contributed by atoms with Crippen LogP contribution in [0.4, 0.5) is 16.0 Å². The molecule has 1 aromatic heterocycles. The highest BCUT2D eigenvalue weighted by atomic mass is 35.5. The van der Waals surface area contributed by atoms with E-state index in [1.54, 1.807) is 4.90 Å². The van der Waals surface area contributed by atoms with Crippen molar-refractivity contribution in [3.8, 4) is 0 Å². The fourth-order valence-electron chi connectivity index (χ4n) is 2.31. The molecule has 0 atom stereocenters. The molecule has 0 bridgehead atoms. The molecule has 1 aliphatic heterocycles. The first kappa shape index (κ1) is 14.7. The molecular formula is C15H14ClFN4O. The Balaban J connectivity index is 1.70. The van der Waals surface area contributed by atoms with Gasteiger partial charge < -0.3 is 10.2 Å². The summed E-state index contributed by atoms with van der Waals surface area (Å²) < 4.78 is 13.1. The second-order valence-electron chi connectivity index (χ2n) is 5.05. The van der Waals surface area contributed by atoms with Crippen LogP contribution in [0.5, 0.6) is 0 Å². The summed E-state index contributed by atoms with van der Waals surface area (Å²) in [5.41, 5.74) is 1.04. The van der Waals surface area contributed by atoms with Crippen molar-refractivity contribution in [1.29, 1.82) is 0 Å². The van der Waals surface area contributed by atoms with E-state index in [1.807, 2.05) is 0 Å². The fourth-order valence-corrected chi connectivity index (χ4v) is 2.49. The van der Waals surface area contributed by atoms with Crippen molar-refractivity contribution in [3.05, 3.63) is 47.0 Å². The Morgan fingerprint density at radius 1 is 1.23 bits per heavy atom. The number of rotatable bonds is 3. The van der Waals surface area contributed by atoms with E-state index in [9.17, 15) is 9.18 Å². The summed E-state index contributed by atoms with van der Waals surface area (Å²) >= 11 is 5.71. The second kappa shape index (κ2) is 6.27. The van der Waals surface area contributed by atoms with Crippen LogP contribution < -0.4 is 5.32 Å². The molecule has 2 heterocycles. The number of likely N-dealkylation sites (tertiary alicyclic amines) is 1. The van der Waals surface area contributed by atoms with Crippen LogP contribution in [0.3, 0.4) is 0 Å². The lowest BCUT2D eigenvalue weighted by Crippen LogP contribution is -2.27. The van der Waals surface area contributed by atoms with Crippen LogP contribution in [-0.4, -0.2) is 33.9 Å². The van der Waals surface area contributed by atoms with Gasteiger partial charge in [0.15, 0.2) is 0 Å². The summed E-state index contributed by atoms with van der Waals surface area (Å²) in [4.78, 5) is 22.2.